The average Bonchev–Trinajstić information content (AvgIpc) is 2.29. The Hall–Kier alpha value is -0.0700. The molecule has 3 N–H and O–H groups in total. The fourth-order valence-electron chi connectivity index (χ4n) is 2.55. The average molecular weight is 330 g/mol. The number of β-amino-alcohol motifs (C(OH)–C–C–N with tert-alkyl or cyclic N) is 1. The number of carbonyl (C=O) groups excluding carboxylic acids is 1. The van der Waals surface area contributed by atoms with Crippen LogP contribution in [0.2, 0.25) is 0 Å². The summed E-state index contributed by atoms with van der Waals surface area (Å²) in [5.41, 5.74) is 5.59. The van der Waals surface area contributed by atoms with Gasteiger partial charge in [-0.2, -0.15) is 0 Å². The van der Waals surface area contributed by atoms with E-state index in [9.17, 15) is 9.90 Å². The smallest absolute Gasteiger partial charge is 0.238 e. The van der Waals surface area contributed by atoms with Crippen LogP contribution in [-0.4, -0.2) is 66.2 Å². The van der Waals surface area contributed by atoms with Gasteiger partial charge >= 0.3 is 0 Å². The topological polar surface area (TPSA) is 69.8 Å². The van der Waals surface area contributed by atoms with E-state index in [-0.39, 0.29) is 36.8 Å². The SMILES string of the molecule is CC(O)CN1CCC(CN(C)C(=O)C(C)N)CC1.Cl.Cl. The molecule has 20 heavy (non-hydrogen) atoms. The number of nitrogens with zero attached hydrogens (tertiary/aromatic N) is 2. The number of aliphatic hydroxyl groups excluding tert-OH is 1. The molecule has 1 heterocycles. The summed E-state index contributed by atoms with van der Waals surface area (Å²) in [5, 5.41) is 9.34. The third-order valence-corrected chi connectivity index (χ3v) is 3.53. The number of likely N-dealkylation sites (tertiary alicyclic amines) is 1. The van der Waals surface area contributed by atoms with Crippen molar-refractivity contribution in [1.29, 1.82) is 0 Å². The molecular formula is C13H29Cl2N3O2. The van der Waals surface area contributed by atoms with Crippen molar-refractivity contribution >= 4 is 30.7 Å². The Kier molecular flexibility index (Phi) is 11.8. The summed E-state index contributed by atoms with van der Waals surface area (Å²) in [4.78, 5) is 15.7. The van der Waals surface area contributed by atoms with E-state index >= 15 is 0 Å². The number of likely N-dealkylation sites (N-methyl/N-ethyl adjacent to an activating group) is 1. The zero-order chi connectivity index (χ0) is 13.7. The number of nitrogens with two attached hydrogens (primary N) is 1. The van der Waals surface area contributed by atoms with Gasteiger partial charge in [-0.25, -0.2) is 0 Å². The zero-order valence-corrected chi connectivity index (χ0v) is 14.3. The lowest BCUT2D eigenvalue weighted by atomic mass is 9.96. The van der Waals surface area contributed by atoms with Gasteiger partial charge in [-0.1, -0.05) is 0 Å². The molecule has 1 aliphatic rings. The van der Waals surface area contributed by atoms with Crippen LogP contribution in [-0.2, 0) is 4.79 Å². The molecule has 7 heteroatoms. The maximum Gasteiger partial charge on any atom is 0.238 e. The molecule has 1 aliphatic heterocycles. The van der Waals surface area contributed by atoms with E-state index in [4.69, 9.17) is 5.73 Å². The number of piperidine rings is 1. The van der Waals surface area contributed by atoms with Crippen molar-refractivity contribution in [3.8, 4) is 0 Å². The fourth-order valence-corrected chi connectivity index (χ4v) is 2.55. The van der Waals surface area contributed by atoms with Gasteiger partial charge in [0.05, 0.1) is 12.1 Å². The van der Waals surface area contributed by atoms with Crippen molar-refractivity contribution in [2.45, 2.75) is 38.8 Å². The molecule has 1 amide bonds. The Bertz CT molecular complexity index is 270. The van der Waals surface area contributed by atoms with Crippen LogP contribution in [0.5, 0.6) is 0 Å². The Morgan fingerprint density at radius 3 is 2.25 bits per heavy atom. The van der Waals surface area contributed by atoms with Gasteiger partial charge in [0.15, 0.2) is 0 Å². The summed E-state index contributed by atoms with van der Waals surface area (Å²) >= 11 is 0. The van der Waals surface area contributed by atoms with E-state index in [2.05, 4.69) is 4.90 Å². The lowest BCUT2D eigenvalue weighted by Crippen LogP contribution is -2.45. The van der Waals surface area contributed by atoms with E-state index in [1.54, 1.807) is 11.8 Å². The summed E-state index contributed by atoms with van der Waals surface area (Å²) < 4.78 is 0. The fraction of sp³-hybridized carbons (Fsp3) is 0.923. The third kappa shape index (κ3) is 7.64. The van der Waals surface area contributed by atoms with Crippen LogP contribution in [0.25, 0.3) is 0 Å². The number of amides is 1. The highest BCUT2D eigenvalue weighted by Crippen LogP contribution is 2.18. The van der Waals surface area contributed by atoms with E-state index < -0.39 is 6.04 Å². The molecule has 0 saturated carbocycles. The van der Waals surface area contributed by atoms with Gasteiger partial charge in [0, 0.05) is 20.1 Å². The number of hydrogen-bond acceptors (Lipinski definition) is 4. The van der Waals surface area contributed by atoms with Crippen LogP contribution in [0.1, 0.15) is 26.7 Å². The van der Waals surface area contributed by atoms with Crippen molar-refractivity contribution in [2.75, 3.05) is 33.2 Å². The highest BCUT2D eigenvalue weighted by Gasteiger charge is 2.23. The van der Waals surface area contributed by atoms with E-state index in [0.29, 0.717) is 5.92 Å². The summed E-state index contributed by atoms with van der Waals surface area (Å²) in [6.07, 6.45) is 1.91. The summed E-state index contributed by atoms with van der Waals surface area (Å²) in [6, 6.07) is -0.412. The molecule has 0 aromatic rings. The lowest BCUT2D eigenvalue weighted by Gasteiger charge is -2.34. The Labute approximate surface area is 134 Å². The van der Waals surface area contributed by atoms with Crippen molar-refractivity contribution in [2.24, 2.45) is 11.7 Å². The van der Waals surface area contributed by atoms with Gasteiger partial charge in [0.1, 0.15) is 0 Å². The molecule has 0 aromatic heterocycles. The highest BCUT2D eigenvalue weighted by atomic mass is 35.5. The van der Waals surface area contributed by atoms with Crippen LogP contribution in [0.4, 0.5) is 0 Å². The number of carbonyl (C=O) groups is 1. The van der Waals surface area contributed by atoms with Crippen molar-refractivity contribution < 1.29 is 9.90 Å². The second-order valence-electron chi connectivity index (χ2n) is 5.60. The Morgan fingerprint density at radius 2 is 1.85 bits per heavy atom. The van der Waals surface area contributed by atoms with Crippen LogP contribution in [0.15, 0.2) is 0 Å². The second kappa shape index (κ2) is 10.6. The number of aliphatic hydroxyl groups is 1. The maximum absolute atomic E-state index is 11.7. The first kappa shape index (κ1) is 22.2. The minimum absolute atomic E-state index is 0. The van der Waals surface area contributed by atoms with Gasteiger partial charge < -0.3 is 20.6 Å². The van der Waals surface area contributed by atoms with E-state index in [1.165, 1.54) is 0 Å². The maximum atomic E-state index is 11.7. The molecular weight excluding hydrogens is 301 g/mol. The minimum Gasteiger partial charge on any atom is -0.392 e. The monoisotopic (exact) mass is 329 g/mol. The van der Waals surface area contributed by atoms with Gasteiger partial charge in [-0.3, -0.25) is 4.79 Å². The Morgan fingerprint density at radius 1 is 1.35 bits per heavy atom. The molecule has 1 fully saturated rings. The van der Waals surface area contributed by atoms with Crippen molar-refractivity contribution in [3.63, 3.8) is 0 Å². The van der Waals surface area contributed by atoms with Crippen LogP contribution in [0, 0.1) is 5.92 Å². The molecule has 1 rings (SSSR count). The van der Waals surface area contributed by atoms with E-state index in [0.717, 1.165) is 39.0 Å². The summed E-state index contributed by atoms with van der Waals surface area (Å²) in [5.74, 6) is 0.573. The number of halogens is 2. The zero-order valence-electron chi connectivity index (χ0n) is 12.6. The van der Waals surface area contributed by atoms with Crippen molar-refractivity contribution in [1.82, 2.24) is 9.80 Å². The third-order valence-electron chi connectivity index (χ3n) is 3.53. The van der Waals surface area contributed by atoms with Gasteiger partial charge in [0.2, 0.25) is 5.91 Å². The number of rotatable bonds is 5. The molecule has 2 unspecified atom stereocenters. The molecule has 0 bridgehead atoms. The molecule has 2 atom stereocenters. The lowest BCUT2D eigenvalue weighted by molar-refractivity contribution is -0.131. The highest BCUT2D eigenvalue weighted by molar-refractivity contribution is 5.85. The molecule has 122 valence electrons. The molecule has 1 saturated heterocycles. The largest absolute Gasteiger partial charge is 0.392 e. The molecule has 5 nitrogen and oxygen atoms in total. The molecule has 0 aromatic carbocycles. The standard InChI is InChI=1S/C13H27N3O2.2ClH/c1-10(17)8-16-6-4-12(5-7-16)9-15(3)13(18)11(2)14;;/h10-12,17H,4-9,14H2,1-3H3;2*1H. The predicted octanol–water partition coefficient (Wildman–Crippen LogP) is 0.728. The predicted molar refractivity (Wildman–Crippen MR) is 86.6 cm³/mol. The number of hydrogen-bond donors (Lipinski definition) is 2. The molecule has 0 aliphatic carbocycles. The first-order valence-electron chi connectivity index (χ1n) is 6.81. The quantitative estimate of drug-likeness (QED) is 0.780. The van der Waals surface area contributed by atoms with Crippen molar-refractivity contribution in [3.05, 3.63) is 0 Å². The van der Waals surface area contributed by atoms with Gasteiger partial charge in [0.25, 0.3) is 0 Å². The van der Waals surface area contributed by atoms with Gasteiger partial charge in [-0.05, 0) is 45.7 Å². The first-order chi connectivity index (χ1) is 8.40. The van der Waals surface area contributed by atoms with E-state index in [1.807, 2.05) is 14.0 Å². The summed E-state index contributed by atoms with van der Waals surface area (Å²) in [6.45, 7) is 7.11. The molecule has 0 radical (unpaired) electrons. The minimum atomic E-state index is -0.412. The normalized spacial score (nSPS) is 19.4. The van der Waals surface area contributed by atoms with Crippen LogP contribution in [0.3, 0.4) is 0 Å². The second-order valence-corrected chi connectivity index (χ2v) is 5.60. The first-order valence-corrected chi connectivity index (χ1v) is 6.81. The Balaban J connectivity index is 0. The van der Waals surface area contributed by atoms with Crippen LogP contribution < -0.4 is 5.73 Å². The molecule has 0 spiro atoms. The van der Waals surface area contributed by atoms with Crippen LogP contribution >= 0.6 is 24.8 Å². The summed E-state index contributed by atoms with van der Waals surface area (Å²) in [7, 11) is 1.83. The van der Waals surface area contributed by atoms with Gasteiger partial charge in [-0.15, -0.1) is 24.8 Å².